The summed E-state index contributed by atoms with van der Waals surface area (Å²) < 4.78 is 0. The molecule has 0 fully saturated rings. The van der Waals surface area contributed by atoms with Crippen LogP contribution in [0.15, 0.2) is 60.7 Å². The van der Waals surface area contributed by atoms with Crippen molar-refractivity contribution in [2.24, 2.45) is 0 Å². The molecule has 0 bridgehead atoms. The van der Waals surface area contributed by atoms with E-state index >= 15 is 0 Å². The van der Waals surface area contributed by atoms with Crippen LogP contribution in [0.25, 0.3) is 0 Å². The predicted molar refractivity (Wildman–Crippen MR) is 107 cm³/mol. The molecular formula is C24H34. The molecule has 0 aromatic heterocycles. The number of rotatable bonds is 11. The number of benzene rings is 2. The molecule has 0 aliphatic heterocycles. The van der Waals surface area contributed by atoms with Crippen molar-refractivity contribution in [1.29, 1.82) is 0 Å². The Morgan fingerprint density at radius 3 is 1.50 bits per heavy atom. The van der Waals surface area contributed by atoms with Crippen molar-refractivity contribution in [1.82, 2.24) is 0 Å². The molecule has 0 amide bonds. The molecule has 0 aliphatic carbocycles. The lowest BCUT2D eigenvalue weighted by atomic mass is 9.80. The summed E-state index contributed by atoms with van der Waals surface area (Å²) in [7, 11) is 0. The maximum Gasteiger partial charge on any atom is -0.0156 e. The largest absolute Gasteiger partial charge is 0.0654 e. The minimum Gasteiger partial charge on any atom is -0.0654 e. The fourth-order valence-corrected chi connectivity index (χ4v) is 3.73. The Hall–Kier alpha value is -1.56. The minimum absolute atomic E-state index is 0.693. The smallest absolute Gasteiger partial charge is 0.0156 e. The minimum atomic E-state index is 0.693. The van der Waals surface area contributed by atoms with Gasteiger partial charge in [-0.15, -0.1) is 0 Å². The van der Waals surface area contributed by atoms with E-state index in [1.165, 1.54) is 62.5 Å². The van der Waals surface area contributed by atoms with Gasteiger partial charge in [0.2, 0.25) is 0 Å². The van der Waals surface area contributed by atoms with Crippen LogP contribution < -0.4 is 0 Å². The Kier molecular flexibility index (Phi) is 8.66. The highest BCUT2D eigenvalue weighted by Gasteiger charge is 2.19. The van der Waals surface area contributed by atoms with Crippen molar-refractivity contribution < 1.29 is 0 Å². The van der Waals surface area contributed by atoms with Crippen LogP contribution in [0.5, 0.6) is 0 Å². The maximum absolute atomic E-state index is 2.33. The fourth-order valence-electron chi connectivity index (χ4n) is 3.73. The van der Waals surface area contributed by atoms with Gasteiger partial charge in [0.15, 0.2) is 0 Å². The van der Waals surface area contributed by atoms with Crippen molar-refractivity contribution >= 4 is 0 Å². The van der Waals surface area contributed by atoms with Gasteiger partial charge in [0.05, 0.1) is 0 Å². The van der Waals surface area contributed by atoms with Crippen molar-refractivity contribution in [3.05, 3.63) is 71.8 Å². The van der Waals surface area contributed by atoms with Crippen molar-refractivity contribution in [3.8, 4) is 0 Å². The molecule has 0 nitrogen and oxygen atoms in total. The van der Waals surface area contributed by atoms with Gasteiger partial charge < -0.3 is 0 Å². The first kappa shape index (κ1) is 18.8. The lowest BCUT2D eigenvalue weighted by Crippen LogP contribution is -2.08. The van der Waals surface area contributed by atoms with Crippen molar-refractivity contribution in [2.45, 2.75) is 77.0 Å². The van der Waals surface area contributed by atoms with E-state index in [9.17, 15) is 0 Å². The third kappa shape index (κ3) is 6.15. The normalized spacial score (nSPS) is 13.6. The maximum atomic E-state index is 2.33. The lowest BCUT2D eigenvalue weighted by molar-refractivity contribution is 0.456. The van der Waals surface area contributed by atoms with Crippen LogP contribution in [0.3, 0.4) is 0 Å². The van der Waals surface area contributed by atoms with Gasteiger partial charge in [0.1, 0.15) is 0 Å². The van der Waals surface area contributed by atoms with Crippen LogP contribution in [0.1, 0.15) is 88.2 Å². The molecular weight excluding hydrogens is 288 g/mol. The Balaban J connectivity index is 2.13. The number of hydrogen-bond acceptors (Lipinski definition) is 0. The van der Waals surface area contributed by atoms with Gasteiger partial charge in [-0.05, 0) is 42.2 Å². The van der Waals surface area contributed by atoms with Crippen LogP contribution in [-0.2, 0) is 0 Å². The SMILES string of the molecule is CCCCCC(CC(CCCC)c1ccccc1)c1ccccc1. The fraction of sp³-hybridized carbons (Fsp3) is 0.500. The van der Waals surface area contributed by atoms with Gasteiger partial charge in [-0.2, -0.15) is 0 Å². The first-order valence-corrected chi connectivity index (χ1v) is 9.95. The highest BCUT2D eigenvalue weighted by molar-refractivity contribution is 5.23. The van der Waals surface area contributed by atoms with Gasteiger partial charge >= 0.3 is 0 Å². The zero-order valence-electron chi connectivity index (χ0n) is 15.6. The third-order valence-corrected chi connectivity index (χ3v) is 5.17. The highest BCUT2D eigenvalue weighted by atomic mass is 14.2. The second kappa shape index (κ2) is 11.1. The van der Waals surface area contributed by atoms with Gasteiger partial charge in [-0.3, -0.25) is 0 Å². The molecule has 0 aliphatic rings. The molecule has 0 saturated carbocycles. The monoisotopic (exact) mass is 322 g/mol. The summed E-state index contributed by atoms with van der Waals surface area (Å²) >= 11 is 0. The van der Waals surface area contributed by atoms with E-state index < -0.39 is 0 Å². The quantitative estimate of drug-likeness (QED) is 0.371. The summed E-state index contributed by atoms with van der Waals surface area (Å²) in [5.41, 5.74) is 3.06. The molecule has 2 atom stereocenters. The molecule has 2 unspecified atom stereocenters. The van der Waals surface area contributed by atoms with Gasteiger partial charge in [0.25, 0.3) is 0 Å². The molecule has 0 N–H and O–H groups in total. The molecule has 130 valence electrons. The predicted octanol–water partition coefficient (Wildman–Crippen LogP) is 7.71. The molecule has 0 spiro atoms. The molecule has 2 rings (SSSR count). The summed E-state index contributed by atoms with van der Waals surface area (Å²) in [6.45, 7) is 4.60. The van der Waals surface area contributed by atoms with Crippen LogP contribution in [0, 0.1) is 0 Å². The second-order valence-corrected chi connectivity index (χ2v) is 7.09. The van der Waals surface area contributed by atoms with E-state index in [2.05, 4.69) is 74.5 Å². The average Bonchev–Trinajstić information content (AvgIpc) is 2.65. The molecule has 2 aromatic rings. The second-order valence-electron chi connectivity index (χ2n) is 7.09. The highest BCUT2D eigenvalue weighted by Crippen LogP contribution is 2.36. The Bertz CT molecular complexity index is 528. The summed E-state index contributed by atoms with van der Waals surface area (Å²) in [6, 6.07) is 22.4. The molecule has 0 radical (unpaired) electrons. The summed E-state index contributed by atoms with van der Waals surface area (Å²) in [4.78, 5) is 0. The van der Waals surface area contributed by atoms with Crippen LogP contribution in [-0.4, -0.2) is 0 Å². The Morgan fingerprint density at radius 2 is 1.04 bits per heavy atom. The summed E-state index contributed by atoms with van der Waals surface area (Å²) in [5.74, 6) is 1.39. The standard InChI is InChI=1S/C24H34/c1-3-5-9-19-24(22-17-12-8-13-18-22)20-23(14-6-4-2)21-15-10-7-11-16-21/h7-8,10-13,15-18,23-24H,3-6,9,14,19-20H2,1-2H3. The van der Waals surface area contributed by atoms with E-state index in [1.54, 1.807) is 0 Å². The number of unbranched alkanes of at least 4 members (excludes halogenated alkanes) is 3. The Labute approximate surface area is 149 Å². The van der Waals surface area contributed by atoms with Crippen molar-refractivity contribution in [3.63, 3.8) is 0 Å². The van der Waals surface area contributed by atoms with Gasteiger partial charge in [0, 0.05) is 0 Å². The molecule has 24 heavy (non-hydrogen) atoms. The van der Waals surface area contributed by atoms with Gasteiger partial charge in [-0.1, -0.05) is 107 Å². The first-order valence-electron chi connectivity index (χ1n) is 9.95. The molecule has 2 aromatic carbocycles. The van der Waals surface area contributed by atoms with E-state index in [4.69, 9.17) is 0 Å². The zero-order valence-corrected chi connectivity index (χ0v) is 15.6. The molecule has 0 heterocycles. The molecule has 0 heteroatoms. The van der Waals surface area contributed by atoms with Crippen LogP contribution in [0.2, 0.25) is 0 Å². The van der Waals surface area contributed by atoms with E-state index in [0.717, 1.165) is 0 Å². The van der Waals surface area contributed by atoms with E-state index in [0.29, 0.717) is 11.8 Å². The van der Waals surface area contributed by atoms with Crippen molar-refractivity contribution in [2.75, 3.05) is 0 Å². The van der Waals surface area contributed by atoms with E-state index in [1.807, 2.05) is 0 Å². The Morgan fingerprint density at radius 1 is 0.583 bits per heavy atom. The topological polar surface area (TPSA) is 0 Å². The van der Waals surface area contributed by atoms with E-state index in [-0.39, 0.29) is 0 Å². The third-order valence-electron chi connectivity index (χ3n) is 5.17. The average molecular weight is 323 g/mol. The first-order chi connectivity index (χ1) is 11.8. The van der Waals surface area contributed by atoms with Crippen LogP contribution >= 0.6 is 0 Å². The zero-order chi connectivity index (χ0) is 17.0. The summed E-state index contributed by atoms with van der Waals surface area (Å²) in [5, 5.41) is 0. The van der Waals surface area contributed by atoms with Gasteiger partial charge in [-0.25, -0.2) is 0 Å². The van der Waals surface area contributed by atoms with Crippen LogP contribution in [0.4, 0.5) is 0 Å². The summed E-state index contributed by atoms with van der Waals surface area (Å²) in [6.07, 6.45) is 10.6. The lowest BCUT2D eigenvalue weighted by Gasteiger charge is -2.25. The molecule has 0 saturated heterocycles. The number of hydrogen-bond donors (Lipinski definition) is 0.